The van der Waals surface area contributed by atoms with Gasteiger partial charge in [0.25, 0.3) is 0 Å². The van der Waals surface area contributed by atoms with E-state index in [9.17, 15) is 4.79 Å². The van der Waals surface area contributed by atoms with E-state index in [1.165, 1.54) is 0 Å². The van der Waals surface area contributed by atoms with Crippen LogP contribution in [0, 0.1) is 0 Å². The molecule has 0 radical (unpaired) electrons. The summed E-state index contributed by atoms with van der Waals surface area (Å²) in [5.41, 5.74) is 1.89. The first kappa shape index (κ1) is 15.4. The Kier molecular flexibility index (Phi) is 5.16. The molecule has 1 amide bonds. The molecule has 0 spiro atoms. The maximum atomic E-state index is 11.8. The van der Waals surface area contributed by atoms with Crippen LogP contribution in [0.1, 0.15) is 12.8 Å². The van der Waals surface area contributed by atoms with E-state index < -0.39 is 0 Å². The van der Waals surface area contributed by atoms with E-state index in [1.807, 2.05) is 42.5 Å². The summed E-state index contributed by atoms with van der Waals surface area (Å²) in [5, 5.41) is 17.6. The molecule has 0 aliphatic carbocycles. The molecule has 120 valence electrons. The fourth-order valence-corrected chi connectivity index (χ4v) is 2.60. The van der Waals surface area contributed by atoms with Gasteiger partial charge in [0, 0.05) is 18.7 Å². The second-order valence-electron chi connectivity index (χ2n) is 5.54. The second-order valence-corrected chi connectivity index (χ2v) is 5.54. The molecule has 2 aromatic rings. The maximum absolute atomic E-state index is 11.8. The molecule has 1 aromatic heterocycles. The van der Waals surface area contributed by atoms with Crippen molar-refractivity contribution in [3.8, 4) is 11.3 Å². The molecule has 1 aromatic carbocycles. The van der Waals surface area contributed by atoms with Gasteiger partial charge in [-0.15, -0.1) is 10.2 Å². The van der Waals surface area contributed by atoms with Gasteiger partial charge >= 0.3 is 0 Å². The molecule has 1 fully saturated rings. The largest absolute Gasteiger partial charge is 0.367 e. The lowest BCUT2D eigenvalue weighted by molar-refractivity contribution is -0.122. The minimum atomic E-state index is -0.0278. The third-order valence-electron chi connectivity index (χ3n) is 3.84. The Morgan fingerprint density at radius 3 is 2.70 bits per heavy atom. The van der Waals surface area contributed by atoms with E-state index in [-0.39, 0.29) is 11.9 Å². The number of carbonyl (C=O) groups excluding carboxylic acids is 1. The molecule has 1 unspecified atom stereocenters. The van der Waals surface area contributed by atoms with Gasteiger partial charge in [-0.2, -0.15) is 0 Å². The van der Waals surface area contributed by atoms with Gasteiger partial charge in [-0.05, 0) is 31.5 Å². The van der Waals surface area contributed by atoms with Crippen LogP contribution in [0.2, 0.25) is 0 Å². The van der Waals surface area contributed by atoms with Crippen LogP contribution >= 0.6 is 0 Å². The number of hydrogen-bond acceptors (Lipinski definition) is 5. The number of rotatable bonds is 6. The average molecular weight is 311 g/mol. The average Bonchev–Trinajstić information content (AvgIpc) is 3.15. The van der Waals surface area contributed by atoms with Gasteiger partial charge in [-0.1, -0.05) is 30.3 Å². The van der Waals surface area contributed by atoms with Crippen LogP contribution in [0.5, 0.6) is 0 Å². The standard InChI is InChI=1S/C17H21N5O/c23-17(15-7-4-10-18-15)20-12-11-19-16-9-8-14(21-22-16)13-5-2-1-3-6-13/h1-3,5-6,8-9,15,18H,4,7,10-12H2,(H,19,22)(H,20,23). The summed E-state index contributed by atoms with van der Waals surface area (Å²) in [5.74, 6) is 0.785. The molecule has 2 heterocycles. The Bertz CT molecular complexity index is 623. The van der Waals surface area contributed by atoms with Crippen molar-refractivity contribution < 1.29 is 4.79 Å². The molecule has 1 saturated heterocycles. The number of carbonyl (C=O) groups is 1. The summed E-state index contributed by atoms with van der Waals surface area (Å²) >= 11 is 0. The minimum absolute atomic E-state index is 0.0278. The maximum Gasteiger partial charge on any atom is 0.237 e. The molecule has 1 atom stereocenters. The number of aromatic nitrogens is 2. The quantitative estimate of drug-likeness (QED) is 0.703. The van der Waals surface area contributed by atoms with E-state index in [2.05, 4.69) is 26.1 Å². The zero-order chi connectivity index (χ0) is 15.9. The molecule has 1 aliphatic heterocycles. The first-order valence-electron chi connectivity index (χ1n) is 7.97. The fraction of sp³-hybridized carbons (Fsp3) is 0.353. The van der Waals surface area contributed by atoms with Crippen molar-refractivity contribution in [2.45, 2.75) is 18.9 Å². The molecule has 23 heavy (non-hydrogen) atoms. The highest BCUT2D eigenvalue weighted by atomic mass is 16.2. The van der Waals surface area contributed by atoms with Crippen molar-refractivity contribution in [3.63, 3.8) is 0 Å². The Labute approximate surface area is 135 Å². The van der Waals surface area contributed by atoms with E-state index in [0.29, 0.717) is 18.9 Å². The van der Waals surface area contributed by atoms with Crippen molar-refractivity contribution in [1.29, 1.82) is 0 Å². The first-order valence-corrected chi connectivity index (χ1v) is 7.97. The van der Waals surface area contributed by atoms with Gasteiger partial charge in [0.15, 0.2) is 0 Å². The smallest absolute Gasteiger partial charge is 0.237 e. The van der Waals surface area contributed by atoms with Crippen molar-refractivity contribution in [2.24, 2.45) is 0 Å². The van der Waals surface area contributed by atoms with Crippen LogP contribution in [-0.2, 0) is 4.79 Å². The fourth-order valence-electron chi connectivity index (χ4n) is 2.60. The van der Waals surface area contributed by atoms with E-state index in [4.69, 9.17) is 0 Å². The van der Waals surface area contributed by atoms with Gasteiger partial charge in [0.2, 0.25) is 5.91 Å². The van der Waals surface area contributed by atoms with Crippen molar-refractivity contribution in [3.05, 3.63) is 42.5 Å². The third kappa shape index (κ3) is 4.26. The highest BCUT2D eigenvalue weighted by Crippen LogP contribution is 2.15. The molecule has 3 rings (SSSR count). The summed E-state index contributed by atoms with van der Waals surface area (Å²) < 4.78 is 0. The topological polar surface area (TPSA) is 78.9 Å². The van der Waals surface area contributed by atoms with Crippen LogP contribution in [0.15, 0.2) is 42.5 Å². The number of nitrogens with zero attached hydrogens (tertiary/aromatic N) is 2. The Hall–Kier alpha value is -2.47. The van der Waals surface area contributed by atoms with Crippen molar-refractivity contribution >= 4 is 11.7 Å². The number of anilines is 1. The van der Waals surface area contributed by atoms with Crippen LogP contribution in [0.25, 0.3) is 11.3 Å². The summed E-state index contributed by atoms with van der Waals surface area (Å²) in [4.78, 5) is 11.8. The Balaban J connectivity index is 1.43. The van der Waals surface area contributed by atoms with Gasteiger partial charge in [-0.3, -0.25) is 4.79 Å². The van der Waals surface area contributed by atoms with Crippen LogP contribution < -0.4 is 16.0 Å². The third-order valence-corrected chi connectivity index (χ3v) is 3.84. The molecule has 3 N–H and O–H groups in total. The minimum Gasteiger partial charge on any atom is -0.367 e. The highest BCUT2D eigenvalue weighted by Gasteiger charge is 2.21. The molecular formula is C17H21N5O. The molecule has 0 bridgehead atoms. The summed E-state index contributed by atoms with van der Waals surface area (Å²) in [6.45, 7) is 2.12. The molecule has 0 saturated carbocycles. The van der Waals surface area contributed by atoms with Crippen LogP contribution in [0.4, 0.5) is 5.82 Å². The van der Waals surface area contributed by atoms with E-state index in [1.54, 1.807) is 0 Å². The van der Waals surface area contributed by atoms with Gasteiger partial charge in [-0.25, -0.2) is 0 Å². The Morgan fingerprint density at radius 2 is 2.00 bits per heavy atom. The van der Waals surface area contributed by atoms with Crippen LogP contribution in [0.3, 0.4) is 0 Å². The molecule has 6 heteroatoms. The molecule has 1 aliphatic rings. The predicted octanol–water partition coefficient (Wildman–Crippen LogP) is 1.42. The summed E-state index contributed by atoms with van der Waals surface area (Å²) in [6, 6.07) is 13.7. The number of nitrogens with one attached hydrogen (secondary N) is 3. The first-order chi connectivity index (χ1) is 11.3. The normalized spacial score (nSPS) is 17.0. The van der Waals surface area contributed by atoms with Gasteiger partial charge in [0.05, 0.1) is 11.7 Å². The lowest BCUT2D eigenvalue weighted by atomic mass is 10.1. The Morgan fingerprint density at radius 1 is 1.13 bits per heavy atom. The summed E-state index contributed by atoms with van der Waals surface area (Å²) in [7, 11) is 0. The molecular weight excluding hydrogens is 290 g/mol. The van der Waals surface area contributed by atoms with Crippen molar-refractivity contribution in [2.75, 3.05) is 25.0 Å². The lowest BCUT2D eigenvalue weighted by Crippen LogP contribution is -2.42. The van der Waals surface area contributed by atoms with Gasteiger partial charge in [0.1, 0.15) is 5.82 Å². The SMILES string of the molecule is O=C(NCCNc1ccc(-c2ccccc2)nn1)C1CCCN1. The number of amides is 1. The monoisotopic (exact) mass is 311 g/mol. The molecule has 6 nitrogen and oxygen atoms in total. The summed E-state index contributed by atoms with van der Waals surface area (Å²) in [6.07, 6.45) is 1.99. The number of benzene rings is 1. The van der Waals surface area contributed by atoms with Gasteiger partial charge < -0.3 is 16.0 Å². The lowest BCUT2D eigenvalue weighted by Gasteiger charge is -2.11. The predicted molar refractivity (Wildman–Crippen MR) is 90.0 cm³/mol. The van der Waals surface area contributed by atoms with E-state index in [0.717, 1.165) is 30.6 Å². The van der Waals surface area contributed by atoms with Crippen LogP contribution in [-0.4, -0.2) is 41.8 Å². The zero-order valence-corrected chi connectivity index (χ0v) is 13.0. The highest BCUT2D eigenvalue weighted by molar-refractivity contribution is 5.82. The zero-order valence-electron chi connectivity index (χ0n) is 13.0. The number of hydrogen-bond donors (Lipinski definition) is 3. The van der Waals surface area contributed by atoms with Crippen molar-refractivity contribution in [1.82, 2.24) is 20.8 Å². The second kappa shape index (κ2) is 7.69. The van der Waals surface area contributed by atoms with E-state index >= 15 is 0 Å².